The summed E-state index contributed by atoms with van der Waals surface area (Å²) in [6.45, 7) is 0.333. The minimum Gasteiger partial charge on any atom is -0.467 e. The molecule has 0 fully saturated rings. The molecule has 3 aromatic carbocycles. The summed E-state index contributed by atoms with van der Waals surface area (Å²) in [6, 6.07) is 12.6. The average molecular weight is 364 g/mol. The fourth-order valence-corrected chi connectivity index (χ4v) is 4.01. The van der Waals surface area contributed by atoms with Crippen molar-refractivity contribution in [2.75, 3.05) is 6.79 Å². The van der Waals surface area contributed by atoms with Gasteiger partial charge in [0.1, 0.15) is 18.2 Å². The van der Waals surface area contributed by atoms with Gasteiger partial charge in [0.2, 0.25) is 0 Å². The highest BCUT2D eigenvalue weighted by atomic mass is 19.1. The number of hydrogen-bond acceptors (Lipinski definition) is 4. The van der Waals surface area contributed by atoms with Crippen LogP contribution in [0.15, 0.2) is 42.5 Å². The van der Waals surface area contributed by atoms with Gasteiger partial charge in [0.25, 0.3) is 0 Å². The number of halogens is 1. The Hall–Kier alpha value is -2.92. The van der Waals surface area contributed by atoms with Gasteiger partial charge in [-0.3, -0.25) is 0 Å². The third kappa shape index (κ3) is 2.75. The molecule has 0 N–H and O–H groups in total. The molecular weight excluding hydrogens is 347 g/mol. The Morgan fingerprint density at radius 2 is 1.93 bits per heavy atom. The molecule has 0 aromatic heterocycles. The van der Waals surface area contributed by atoms with Crippen LogP contribution in [0.25, 0.3) is 10.8 Å². The van der Waals surface area contributed by atoms with E-state index in [0.717, 1.165) is 23.6 Å². The number of hydrogen-bond donors (Lipinski definition) is 0. The summed E-state index contributed by atoms with van der Waals surface area (Å²) in [5, 5.41) is 2.08. The third-order valence-electron chi connectivity index (χ3n) is 5.21. The van der Waals surface area contributed by atoms with Crippen LogP contribution in [0.4, 0.5) is 4.39 Å². The van der Waals surface area contributed by atoms with Crippen LogP contribution in [0, 0.1) is 5.82 Å². The van der Waals surface area contributed by atoms with E-state index in [4.69, 9.17) is 14.2 Å². The van der Waals surface area contributed by atoms with Gasteiger partial charge < -0.3 is 14.2 Å². The van der Waals surface area contributed by atoms with Crippen LogP contribution in [0.1, 0.15) is 32.6 Å². The summed E-state index contributed by atoms with van der Waals surface area (Å²) >= 11 is 0. The first kappa shape index (κ1) is 16.3. The van der Waals surface area contributed by atoms with Crippen LogP contribution in [0.5, 0.6) is 5.75 Å². The fraction of sp³-hybridized carbons (Fsp3) is 0.227. The quantitative estimate of drug-likeness (QED) is 0.650. The van der Waals surface area contributed by atoms with Crippen molar-refractivity contribution in [3.63, 3.8) is 0 Å². The number of esters is 1. The van der Waals surface area contributed by atoms with Gasteiger partial charge in [0.15, 0.2) is 6.79 Å². The predicted octanol–water partition coefficient (Wildman–Crippen LogP) is 4.30. The van der Waals surface area contributed by atoms with Crippen molar-refractivity contribution in [2.45, 2.75) is 26.1 Å². The standard InChI is InChI=1S/C22H17FO4/c23-17-8-15-10-25-12-27-21(15)16(9-17)11-26-22(24)19-7-6-14-5-4-13-2-1-3-18(19)20(13)14/h1-3,6-9H,4-5,10-12H2. The molecule has 0 radical (unpaired) electrons. The van der Waals surface area contributed by atoms with Gasteiger partial charge in [-0.05, 0) is 52.9 Å². The zero-order chi connectivity index (χ0) is 18.4. The molecule has 4 nitrogen and oxygen atoms in total. The lowest BCUT2D eigenvalue weighted by Crippen LogP contribution is -2.15. The van der Waals surface area contributed by atoms with E-state index in [9.17, 15) is 9.18 Å². The summed E-state index contributed by atoms with van der Waals surface area (Å²) in [6.07, 6.45) is 2.00. The highest BCUT2D eigenvalue weighted by molar-refractivity contribution is 6.07. The van der Waals surface area contributed by atoms with Crippen molar-refractivity contribution in [3.05, 3.63) is 76.1 Å². The Morgan fingerprint density at radius 3 is 2.81 bits per heavy atom. The fourth-order valence-electron chi connectivity index (χ4n) is 4.01. The highest BCUT2D eigenvalue weighted by Gasteiger charge is 2.21. The Balaban J connectivity index is 1.44. The molecule has 0 saturated carbocycles. The zero-order valence-corrected chi connectivity index (χ0v) is 14.6. The Morgan fingerprint density at radius 1 is 1.07 bits per heavy atom. The number of aryl methyl sites for hydroxylation is 2. The Bertz CT molecular complexity index is 1060. The number of ether oxygens (including phenoxy) is 3. The van der Waals surface area contributed by atoms with Crippen LogP contribution in [0.2, 0.25) is 0 Å². The van der Waals surface area contributed by atoms with Gasteiger partial charge in [0, 0.05) is 11.1 Å². The number of benzene rings is 3. The topological polar surface area (TPSA) is 44.8 Å². The zero-order valence-electron chi connectivity index (χ0n) is 14.6. The normalized spacial score (nSPS) is 14.7. The molecule has 0 unspecified atom stereocenters. The van der Waals surface area contributed by atoms with E-state index in [1.807, 2.05) is 24.3 Å². The molecule has 5 rings (SSSR count). The first-order valence-corrected chi connectivity index (χ1v) is 8.93. The van der Waals surface area contributed by atoms with E-state index >= 15 is 0 Å². The lowest BCUT2D eigenvalue weighted by atomic mass is 10.00. The van der Waals surface area contributed by atoms with Gasteiger partial charge in [-0.25, -0.2) is 9.18 Å². The predicted molar refractivity (Wildman–Crippen MR) is 97.2 cm³/mol. The molecule has 27 heavy (non-hydrogen) atoms. The molecule has 1 heterocycles. The van der Waals surface area contributed by atoms with E-state index in [1.54, 1.807) is 0 Å². The molecule has 136 valence electrons. The molecule has 0 spiro atoms. The molecule has 3 aromatic rings. The second-order valence-corrected chi connectivity index (χ2v) is 6.85. The molecule has 0 amide bonds. The monoisotopic (exact) mass is 364 g/mol. The molecular formula is C22H17FO4. The minimum absolute atomic E-state index is 0.0537. The van der Waals surface area contributed by atoms with Crippen LogP contribution in [-0.2, 0) is 35.5 Å². The smallest absolute Gasteiger partial charge is 0.339 e. The van der Waals surface area contributed by atoms with Crippen LogP contribution in [-0.4, -0.2) is 12.8 Å². The lowest BCUT2D eigenvalue weighted by molar-refractivity contribution is -0.0182. The second kappa shape index (κ2) is 6.35. The summed E-state index contributed by atoms with van der Waals surface area (Å²) in [7, 11) is 0. The van der Waals surface area contributed by atoms with Crippen molar-refractivity contribution in [1.82, 2.24) is 0 Å². The van der Waals surface area contributed by atoms with Crippen molar-refractivity contribution >= 4 is 16.7 Å². The van der Waals surface area contributed by atoms with Crippen LogP contribution < -0.4 is 4.74 Å². The summed E-state index contributed by atoms with van der Waals surface area (Å²) < 4.78 is 30.0. The number of carbonyl (C=O) groups is 1. The number of carbonyl (C=O) groups excluding carboxylic acids is 1. The van der Waals surface area contributed by atoms with Crippen molar-refractivity contribution in [3.8, 4) is 5.75 Å². The van der Waals surface area contributed by atoms with Gasteiger partial charge in [0.05, 0.1) is 12.2 Å². The van der Waals surface area contributed by atoms with Crippen molar-refractivity contribution < 1.29 is 23.4 Å². The van der Waals surface area contributed by atoms with E-state index in [2.05, 4.69) is 6.07 Å². The van der Waals surface area contributed by atoms with E-state index in [1.165, 1.54) is 23.3 Å². The maximum atomic E-state index is 13.9. The summed E-state index contributed by atoms with van der Waals surface area (Å²) in [5.74, 6) is -0.286. The van der Waals surface area contributed by atoms with Crippen LogP contribution >= 0.6 is 0 Å². The summed E-state index contributed by atoms with van der Waals surface area (Å²) in [5.41, 5.74) is 4.20. The lowest BCUT2D eigenvalue weighted by Gasteiger charge is -2.20. The Labute approximate surface area is 155 Å². The molecule has 0 bridgehead atoms. The maximum Gasteiger partial charge on any atom is 0.339 e. The van der Waals surface area contributed by atoms with Crippen molar-refractivity contribution in [1.29, 1.82) is 0 Å². The second-order valence-electron chi connectivity index (χ2n) is 6.85. The van der Waals surface area contributed by atoms with Gasteiger partial charge >= 0.3 is 5.97 Å². The molecule has 0 saturated heterocycles. The van der Waals surface area contributed by atoms with Gasteiger partial charge in [-0.2, -0.15) is 0 Å². The average Bonchev–Trinajstić information content (AvgIpc) is 3.11. The molecule has 0 atom stereocenters. The molecule has 5 heteroatoms. The first-order valence-electron chi connectivity index (χ1n) is 8.93. The highest BCUT2D eigenvalue weighted by Crippen LogP contribution is 2.34. The maximum absolute atomic E-state index is 13.9. The van der Waals surface area contributed by atoms with Crippen molar-refractivity contribution in [2.24, 2.45) is 0 Å². The van der Waals surface area contributed by atoms with Gasteiger partial charge in [-0.1, -0.05) is 24.3 Å². The SMILES string of the molecule is O=C(OCc1cc(F)cc2c1OCOC2)c1ccc2c3c(cccc13)CC2. The first-order chi connectivity index (χ1) is 13.2. The van der Waals surface area contributed by atoms with E-state index in [-0.39, 0.29) is 20.0 Å². The largest absolute Gasteiger partial charge is 0.467 e. The molecule has 2 aliphatic rings. The Kier molecular flexibility index (Phi) is 3.83. The minimum atomic E-state index is -0.421. The molecule has 1 aliphatic carbocycles. The summed E-state index contributed by atoms with van der Waals surface area (Å²) in [4.78, 5) is 12.7. The third-order valence-corrected chi connectivity index (χ3v) is 5.21. The number of rotatable bonds is 3. The van der Waals surface area contributed by atoms with E-state index < -0.39 is 11.8 Å². The number of fused-ring (bicyclic) bond motifs is 1. The van der Waals surface area contributed by atoms with E-state index in [0.29, 0.717) is 22.4 Å². The van der Waals surface area contributed by atoms with Gasteiger partial charge in [-0.15, -0.1) is 0 Å². The molecule has 1 aliphatic heterocycles. The van der Waals surface area contributed by atoms with Crippen LogP contribution in [0.3, 0.4) is 0 Å².